The van der Waals surface area contributed by atoms with Crippen LogP contribution in [0.15, 0.2) is 48.8 Å². The minimum Gasteiger partial charge on any atom is -0.309 e. The second kappa shape index (κ2) is 9.09. The quantitative estimate of drug-likeness (QED) is 0.409. The Balaban J connectivity index is 1.55. The van der Waals surface area contributed by atoms with Gasteiger partial charge < -0.3 is 4.90 Å². The fourth-order valence-corrected chi connectivity index (χ4v) is 3.32. The number of benzene rings is 1. The van der Waals surface area contributed by atoms with Crippen molar-refractivity contribution in [3.05, 3.63) is 71.4 Å². The van der Waals surface area contributed by atoms with Gasteiger partial charge in [0, 0.05) is 30.8 Å². The minimum atomic E-state index is 0.0296. The molecular weight excluding hydrogens is 390 g/mol. The van der Waals surface area contributed by atoms with Crippen molar-refractivity contribution in [2.75, 3.05) is 20.6 Å². The normalized spacial score (nSPS) is 11.4. The van der Waals surface area contributed by atoms with Gasteiger partial charge in [-0.1, -0.05) is 18.2 Å². The Labute approximate surface area is 181 Å². The number of carbonyl (C=O) groups excluding carboxylic acids is 1. The van der Waals surface area contributed by atoms with Crippen LogP contribution >= 0.6 is 0 Å². The number of hydrogen-bond donors (Lipinski definition) is 0. The summed E-state index contributed by atoms with van der Waals surface area (Å²) in [7, 11) is 4.00. The standard InChI is InChI=1S/C23H25N7O/c1-16-14-24-23(25-15-16)18-7-4-6-17(12-18)13-22-27-26-21-10-9-19(28-30(21)22)20(31)8-5-11-29(2)3/h4,6-7,9-10,12,14-15H,5,8,11,13H2,1-3H3. The molecule has 0 saturated carbocycles. The Hall–Kier alpha value is -3.52. The summed E-state index contributed by atoms with van der Waals surface area (Å²) < 4.78 is 1.66. The van der Waals surface area contributed by atoms with E-state index in [-0.39, 0.29) is 5.78 Å². The third-order valence-corrected chi connectivity index (χ3v) is 4.95. The van der Waals surface area contributed by atoms with E-state index in [1.165, 1.54) is 0 Å². The van der Waals surface area contributed by atoms with Crippen LogP contribution in [0.1, 0.15) is 40.3 Å². The molecular formula is C23H25N7O. The molecule has 158 valence electrons. The van der Waals surface area contributed by atoms with Gasteiger partial charge in [0.05, 0.1) is 0 Å². The molecule has 8 nitrogen and oxygen atoms in total. The van der Waals surface area contributed by atoms with Crippen molar-refractivity contribution in [1.29, 1.82) is 0 Å². The number of ketones is 1. The van der Waals surface area contributed by atoms with E-state index in [2.05, 4.69) is 30.2 Å². The van der Waals surface area contributed by atoms with Gasteiger partial charge in [-0.15, -0.1) is 10.2 Å². The summed E-state index contributed by atoms with van der Waals surface area (Å²) >= 11 is 0. The number of hydrogen-bond acceptors (Lipinski definition) is 7. The van der Waals surface area contributed by atoms with Crippen molar-refractivity contribution < 1.29 is 4.79 Å². The number of aryl methyl sites for hydroxylation is 1. The number of nitrogens with zero attached hydrogens (tertiary/aromatic N) is 7. The summed E-state index contributed by atoms with van der Waals surface area (Å²) in [6, 6.07) is 11.5. The van der Waals surface area contributed by atoms with Gasteiger partial charge in [0.2, 0.25) is 0 Å². The average molecular weight is 416 g/mol. The van der Waals surface area contributed by atoms with Crippen LogP contribution in [0.25, 0.3) is 17.0 Å². The number of rotatable bonds is 8. The third-order valence-electron chi connectivity index (χ3n) is 4.95. The molecule has 0 spiro atoms. The second-order valence-corrected chi connectivity index (χ2v) is 7.90. The lowest BCUT2D eigenvalue weighted by Crippen LogP contribution is -2.15. The fraction of sp³-hybridized carbons (Fsp3) is 0.304. The summed E-state index contributed by atoms with van der Waals surface area (Å²) in [4.78, 5) is 23.4. The Morgan fingerprint density at radius 1 is 1.06 bits per heavy atom. The van der Waals surface area contributed by atoms with Gasteiger partial charge in [0.15, 0.2) is 23.1 Å². The van der Waals surface area contributed by atoms with Crippen LogP contribution in [0, 0.1) is 6.92 Å². The van der Waals surface area contributed by atoms with Crippen LogP contribution in [-0.4, -0.2) is 61.1 Å². The van der Waals surface area contributed by atoms with Gasteiger partial charge in [-0.25, -0.2) is 9.97 Å². The highest BCUT2D eigenvalue weighted by Gasteiger charge is 2.13. The van der Waals surface area contributed by atoms with Gasteiger partial charge in [0.1, 0.15) is 5.69 Å². The van der Waals surface area contributed by atoms with Crippen molar-refractivity contribution in [2.45, 2.75) is 26.2 Å². The molecule has 0 atom stereocenters. The molecule has 3 heterocycles. The molecule has 0 radical (unpaired) electrons. The van der Waals surface area contributed by atoms with E-state index in [1.54, 1.807) is 16.6 Å². The smallest absolute Gasteiger partial charge is 0.183 e. The van der Waals surface area contributed by atoms with E-state index in [9.17, 15) is 4.79 Å². The van der Waals surface area contributed by atoms with E-state index < -0.39 is 0 Å². The monoisotopic (exact) mass is 415 g/mol. The zero-order valence-electron chi connectivity index (χ0n) is 18.0. The predicted molar refractivity (Wildman–Crippen MR) is 118 cm³/mol. The van der Waals surface area contributed by atoms with Crippen LogP contribution in [0.5, 0.6) is 0 Å². The average Bonchev–Trinajstić information content (AvgIpc) is 3.16. The van der Waals surface area contributed by atoms with Gasteiger partial charge in [-0.05, 0) is 63.3 Å². The molecule has 0 aliphatic heterocycles. The molecule has 4 aromatic rings. The zero-order valence-corrected chi connectivity index (χ0v) is 18.0. The van der Waals surface area contributed by atoms with Crippen molar-refractivity contribution >= 4 is 11.4 Å². The predicted octanol–water partition coefficient (Wildman–Crippen LogP) is 3.01. The van der Waals surface area contributed by atoms with E-state index in [0.29, 0.717) is 35.8 Å². The molecule has 0 N–H and O–H groups in total. The maximum Gasteiger partial charge on any atom is 0.183 e. The summed E-state index contributed by atoms with van der Waals surface area (Å²) in [6.07, 6.45) is 5.41. The minimum absolute atomic E-state index is 0.0296. The highest BCUT2D eigenvalue weighted by molar-refractivity contribution is 5.94. The lowest BCUT2D eigenvalue weighted by molar-refractivity contribution is 0.0971. The van der Waals surface area contributed by atoms with Crippen molar-refractivity contribution in [3.63, 3.8) is 0 Å². The number of aromatic nitrogens is 6. The molecule has 1 aromatic carbocycles. The third kappa shape index (κ3) is 4.97. The van der Waals surface area contributed by atoms with E-state index in [1.807, 2.05) is 57.7 Å². The van der Waals surface area contributed by atoms with Crippen LogP contribution in [0.3, 0.4) is 0 Å². The van der Waals surface area contributed by atoms with Gasteiger partial charge in [-0.2, -0.15) is 9.61 Å². The van der Waals surface area contributed by atoms with Crippen LogP contribution < -0.4 is 0 Å². The van der Waals surface area contributed by atoms with Crippen molar-refractivity contribution in [2.24, 2.45) is 0 Å². The number of carbonyl (C=O) groups is 1. The maximum atomic E-state index is 12.5. The van der Waals surface area contributed by atoms with Crippen LogP contribution in [-0.2, 0) is 6.42 Å². The topological polar surface area (TPSA) is 89.2 Å². The zero-order chi connectivity index (χ0) is 21.8. The molecule has 3 aromatic heterocycles. The van der Waals surface area contributed by atoms with Crippen LogP contribution in [0.2, 0.25) is 0 Å². The first-order chi connectivity index (χ1) is 15.0. The first-order valence-corrected chi connectivity index (χ1v) is 10.3. The number of Topliss-reactive ketones (excluding diaryl/α,β-unsaturated/α-hetero) is 1. The molecule has 4 rings (SSSR count). The van der Waals surface area contributed by atoms with E-state index in [4.69, 9.17) is 0 Å². The summed E-state index contributed by atoms with van der Waals surface area (Å²) in [5.41, 5.74) is 4.07. The molecule has 0 amide bonds. The van der Waals surface area contributed by atoms with Gasteiger partial charge in [0.25, 0.3) is 0 Å². The molecule has 0 aliphatic carbocycles. The number of fused-ring (bicyclic) bond motifs is 1. The molecule has 0 unspecified atom stereocenters. The lowest BCUT2D eigenvalue weighted by atomic mass is 10.1. The van der Waals surface area contributed by atoms with E-state index >= 15 is 0 Å². The second-order valence-electron chi connectivity index (χ2n) is 7.90. The molecule has 0 saturated heterocycles. The van der Waals surface area contributed by atoms with Gasteiger partial charge >= 0.3 is 0 Å². The summed E-state index contributed by atoms with van der Waals surface area (Å²) in [6.45, 7) is 2.83. The first kappa shape index (κ1) is 20.7. The van der Waals surface area contributed by atoms with Crippen molar-refractivity contribution in [3.8, 4) is 11.4 Å². The molecule has 0 fully saturated rings. The summed E-state index contributed by atoms with van der Waals surface area (Å²) in [5, 5.41) is 13.0. The molecule has 0 bridgehead atoms. The Morgan fingerprint density at radius 3 is 2.65 bits per heavy atom. The SMILES string of the molecule is Cc1cnc(-c2cccc(Cc3nnc4ccc(C(=O)CCCN(C)C)nn34)c2)nc1. The fourth-order valence-electron chi connectivity index (χ4n) is 3.32. The molecule has 31 heavy (non-hydrogen) atoms. The highest BCUT2D eigenvalue weighted by Crippen LogP contribution is 2.18. The Bertz CT molecular complexity index is 1200. The van der Waals surface area contributed by atoms with Crippen molar-refractivity contribution in [1.82, 2.24) is 34.7 Å². The Kier molecular flexibility index (Phi) is 6.08. The Morgan fingerprint density at radius 2 is 1.87 bits per heavy atom. The maximum absolute atomic E-state index is 12.5. The van der Waals surface area contributed by atoms with Crippen LogP contribution in [0.4, 0.5) is 0 Å². The highest BCUT2D eigenvalue weighted by atomic mass is 16.1. The summed E-state index contributed by atoms with van der Waals surface area (Å²) in [5.74, 6) is 1.39. The van der Waals surface area contributed by atoms with E-state index in [0.717, 1.165) is 29.7 Å². The molecule has 8 heteroatoms. The molecule has 0 aliphatic rings. The largest absolute Gasteiger partial charge is 0.309 e. The first-order valence-electron chi connectivity index (χ1n) is 10.3. The lowest BCUT2D eigenvalue weighted by Gasteiger charge is -2.08. The van der Waals surface area contributed by atoms with Gasteiger partial charge in [-0.3, -0.25) is 4.79 Å².